The summed E-state index contributed by atoms with van der Waals surface area (Å²) in [7, 11) is 0. The van der Waals surface area contributed by atoms with Crippen molar-refractivity contribution in [1.82, 2.24) is 35.3 Å². The number of imidazole rings is 1. The lowest BCUT2D eigenvalue weighted by Gasteiger charge is -2.45. The number of esters is 1. The number of carbonyl (C=O) groups excluding carboxylic acids is 9. The number of nitrogens with one attached hydrogen (secondary N) is 7. The molecule has 4 aliphatic heterocycles. The molecule has 7 amide bonds. The van der Waals surface area contributed by atoms with Crippen molar-refractivity contribution < 1.29 is 57.4 Å². The van der Waals surface area contributed by atoms with Crippen LogP contribution in [-0.2, 0) is 43.1 Å². The molecule has 7 aromatic rings. The van der Waals surface area contributed by atoms with E-state index in [1.165, 1.54) is 81.3 Å². The van der Waals surface area contributed by atoms with Crippen LogP contribution in [0.1, 0.15) is 257 Å². The molecule has 4 aliphatic rings. The van der Waals surface area contributed by atoms with Gasteiger partial charge in [0.1, 0.15) is 22.6 Å². The fourth-order valence-corrected chi connectivity index (χ4v) is 13.2. The number of rotatable bonds is 23. The molecule has 0 atom stereocenters. The predicted octanol–water partition coefficient (Wildman–Crippen LogP) is 22.2. The van der Waals surface area contributed by atoms with E-state index in [-0.39, 0.29) is 101 Å². The lowest BCUT2D eigenvalue weighted by molar-refractivity contribution is -0.137. The molecule has 1 spiro atoms. The van der Waals surface area contributed by atoms with Crippen LogP contribution < -0.4 is 46.3 Å². The predicted molar refractivity (Wildman–Crippen MR) is 550 cm³/mol. The van der Waals surface area contributed by atoms with Crippen LogP contribution in [0.5, 0.6) is 11.5 Å². The Morgan fingerprint density at radius 3 is 1.37 bits per heavy atom. The lowest BCUT2D eigenvalue weighted by atomic mass is 9.83. The van der Waals surface area contributed by atoms with Crippen LogP contribution in [0.25, 0.3) is 4.85 Å². The number of H-pyrrole nitrogens is 1. The second-order valence-electron chi connectivity index (χ2n) is 38.7. The van der Waals surface area contributed by atoms with Crippen molar-refractivity contribution in [3.05, 3.63) is 197 Å². The number of likely N-dealkylation sites (tertiary alicyclic amines) is 3. The molecular weight excluding hydrogens is 1680 g/mol. The van der Waals surface area contributed by atoms with Gasteiger partial charge in [-0.2, -0.15) is 0 Å². The minimum Gasteiger partial charge on any atom is -0.491 e. The van der Waals surface area contributed by atoms with Crippen LogP contribution in [0.4, 0.5) is 34.4 Å². The highest BCUT2D eigenvalue weighted by atomic mass is 16.6. The Kier molecular flexibility index (Phi) is 56.0. The fraction of sp³-hybridized carbons (Fsp3) is 0.550. The summed E-state index contributed by atoms with van der Waals surface area (Å²) < 4.78 is 16.2. The van der Waals surface area contributed by atoms with Gasteiger partial charge in [-0.3, -0.25) is 43.3 Å². The number of Topliss-reactive ketones (excluding diaryl/α,β-unsaturated/α-hetero) is 1. The van der Waals surface area contributed by atoms with E-state index in [2.05, 4.69) is 133 Å². The van der Waals surface area contributed by atoms with Crippen molar-refractivity contribution in [3.8, 4) is 11.5 Å². The zero-order chi connectivity index (χ0) is 101. The summed E-state index contributed by atoms with van der Waals surface area (Å²) >= 11 is 0. The van der Waals surface area contributed by atoms with Gasteiger partial charge in [-0.05, 0) is 251 Å². The number of amides is 7. The highest BCUT2D eigenvalue weighted by molar-refractivity contribution is 5.97. The van der Waals surface area contributed by atoms with Crippen molar-refractivity contribution >= 4 is 87.5 Å². The largest absolute Gasteiger partial charge is 0.491 e. The molecule has 25 nitrogen and oxygen atoms in total. The van der Waals surface area contributed by atoms with Gasteiger partial charge in [-0.1, -0.05) is 208 Å². The highest BCUT2D eigenvalue weighted by Crippen LogP contribution is 2.40. The quantitative estimate of drug-likeness (QED) is 0.0231. The summed E-state index contributed by atoms with van der Waals surface area (Å²) in [6, 6.07) is 49.5. The molecule has 0 radical (unpaired) electrons. The molecule has 4 fully saturated rings. The Bertz CT molecular complexity index is 4620. The molecule has 0 saturated carbocycles. The maximum absolute atomic E-state index is 12.6. The third kappa shape index (κ3) is 49.7. The van der Waals surface area contributed by atoms with Crippen molar-refractivity contribution in [2.45, 2.75) is 282 Å². The normalized spacial score (nSPS) is 13.7. The maximum Gasteiger partial charge on any atom is 0.338 e. The number of aromatic nitrogens is 2. The average molecular weight is 1850 g/mol. The average Bonchev–Trinajstić information content (AvgIpc) is 1.58. The van der Waals surface area contributed by atoms with Gasteiger partial charge in [0.15, 0.2) is 17.9 Å². The third-order valence-electron chi connectivity index (χ3n) is 21.0. The van der Waals surface area contributed by atoms with Crippen molar-refractivity contribution in [2.24, 2.45) is 47.3 Å². The van der Waals surface area contributed by atoms with E-state index < -0.39 is 17.1 Å². The number of para-hydroxylation sites is 1. The molecule has 5 heterocycles. The number of aromatic amines is 1. The van der Waals surface area contributed by atoms with Crippen LogP contribution in [0.2, 0.25) is 0 Å². The van der Waals surface area contributed by atoms with Crippen LogP contribution in [0.15, 0.2) is 158 Å². The molecule has 740 valence electrons. The van der Waals surface area contributed by atoms with Gasteiger partial charge in [-0.15, -0.1) is 0 Å². The lowest BCUT2D eigenvalue weighted by Crippen LogP contribution is -2.57. The Balaban J connectivity index is 0.000000510. The number of hydrogen-bond donors (Lipinski definition) is 7. The number of anilines is 5. The number of benzene rings is 6. The minimum atomic E-state index is -0.533. The number of ketones is 1. The molecule has 25 heteroatoms. The molecule has 6 aromatic carbocycles. The Morgan fingerprint density at radius 2 is 0.918 bits per heavy atom. The summed E-state index contributed by atoms with van der Waals surface area (Å²) in [5.74, 6) is 3.45. The zero-order valence-corrected chi connectivity index (χ0v) is 86.7. The van der Waals surface area contributed by atoms with Crippen molar-refractivity contribution in [1.29, 1.82) is 0 Å². The van der Waals surface area contributed by atoms with Gasteiger partial charge in [0, 0.05) is 116 Å². The topological polar surface area (TPSA) is 299 Å². The highest BCUT2D eigenvalue weighted by Gasteiger charge is 2.50. The summed E-state index contributed by atoms with van der Waals surface area (Å²) in [6.45, 7) is 73.3. The van der Waals surface area contributed by atoms with Gasteiger partial charge >= 0.3 is 5.97 Å². The number of nitrogens with zero attached hydrogens (tertiary/aromatic N) is 6. The monoisotopic (exact) mass is 1850 g/mol. The SMILES string of the molecule is CC(C)C(=O)N1CCC2(CC1)C(=O)CCN2c1ccccc1.CC(C)C(=O)NCCN1CCCC1.CC(C)C(=O)Nc1cccc(C(=O)OC(C)(C)C)c1.CC(C)CNC(=O)C(C)C.CC(C)N1CCCCC1.Cc1ccc(NC(=O)C(C)C)cc1.Cc1ccc(OC(C)C)cc1.Cc1cccc(NC(=O)C(C)C)c1.Cc1cccc(OC(C)C)c1.[C-]#[N+]c1[nH]cnc1NC(=O)C(C)C. The Morgan fingerprint density at radius 1 is 0.463 bits per heavy atom. The van der Waals surface area contributed by atoms with E-state index in [4.69, 9.17) is 20.8 Å². The van der Waals surface area contributed by atoms with E-state index in [1.54, 1.807) is 38.1 Å². The first-order valence-corrected chi connectivity index (χ1v) is 48.2. The van der Waals surface area contributed by atoms with E-state index in [0.29, 0.717) is 48.3 Å². The van der Waals surface area contributed by atoms with Crippen molar-refractivity contribution in [2.75, 3.05) is 91.6 Å². The summed E-state index contributed by atoms with van der Waals surface area (Å²) in [5, 5.41) is 16.7. The number of carbonyl (C=O) groups is 9. The maximum atomic E-state index is 12.6. The first-order valence-electron chi connectivity index (χ1n) is 48.2. The number of ether oxygens (including phenoxy) is 3. The standard InChI is InChI=1S/C18H24N2O2.C15H21NO3.2C11H15NO.C10H20N2O.2C10H14O.C8H10N4O.C8H17NO.C8H17N/c1-14(2)17(22)19-12-9-18(10-13-19)16(21)8-11-20(18)15-6-4-3-5-7-15;1-10(2)13(17)16-12-8-6-7-11(9-12)14(18)19-15(3,4)5;1-8(2)11(13)12-10-6-4-9(3)5-7-10;1-8(2)11(13)12-10-6-4-5-9(3)7-10;1-9(2)10(13)11-5-8-12-6-3-4-7-12;1-8(2)11-10-6-4-9(3)5-7-10;1-8(2)11-10-6-4-5-9(3)7-10;1-5(2)8(13)12-7-6(9-3)10-4-11-7;1-6(2)5-9-8(10)7(3)4;1-8(2)9-6-4-3-5-7-9/h3-7,14H,8-13H2,1-2H3;6-10H,1-5H3,(H,16,17);2*4-8H,1-3H3,(H,12,13);9H,3-8H2,1-2H3,(H,11,13);2*4-8H,1-3H3;4-5H,1-2H3,(H,10,11)(H,12,13);6-7H,5H2,1-4H3,(H,9,10);8H,3-7H2,1-2H3. The summed E-state index contributed by atoms with van der Waals surface area (Å²) in [6.07, 6.45) is 10.9. The first kappa shape index (κ1) is 119. The number of piperidine rings is 2. The smallest absolute Gasteiger partial charge is 0.338 e. The molecule has 0 aliphatic carbocycles. The van der Waals surface area contributed by atoms with E-state index in [1.807, 2.05) is 247 Å². The third-order valence-corrected chi connectivity index (χ3v) is 21.0. The molecule has 134 heavy (non-hydrogen) atoms. The molecule has 7 N–H and O–H groups in total. The summed E-state index contributed by atoms with van der Waals surface area (Å²) in [5.41, 5.74) is 7.82. The Labute approximate surface area is 805 Å². The second-order valence-corrected chi connectivity index (χ2v) is 38.7. The van der Waals surface area contributed by atoms with Crippen molar-refractivity contribution in [3.63, 3.8) is 0 Å². The number of hydrogen-bond acceptors (Lipinski definition) is 16. The second kappa shape index (κ2) is 63.1. The van der Waals surface area contributed by atoms with Gasteiger partial charge in [-0.25, -0.2) is 9.78 Å². The number of aryl methyl sites for hydroxylation is 4. The van der Waals surface area contributed by atoms with E-state index in [9.17, 15) is 43.2 Å². The first-order chi connectivity index (χ1) is 63.0. The zero-order valence-electron chi connectivity index (χ0n) is 86.7. The van der Waals surface area contributed by atoms with Gasteiger partial charge in [0.25, 0.3) is 5.82 Å². The minimum absolute atomic E-state index is 0.0264. The van der Waals surface area contributed by atoms with Gasteiger partial charge in [0.05, 0.1) is 17.8 Å². The molecule has 1 aromatic heterocycles. The van der Waals surface area contributed by atoms with Crippen LogP contribution in [0.3, 0.4) is 0 Å². The molecule has 0 bridgehead atoms. The van der Waals surface area contributed by atoms with E-state index in [0.717, 1.165) is 79.2 Å². The molecule has 0 unspecified atom stereocenters. The fourth-order valence-electron chi connectivity index (χ4n) is 13.2. The Hall–Kier alpha value is -11.2. The van der Waals surface area contributed by atoms with Gasteiger partial charge < -0.3 is 70.6 Å². The van der Waals surface area contributed by atoms with Crippen LogP contribution in [0, 0.1) is 81.6 Å². The van der Waals surface area contributed by atoms with Crippen LogP contribution >= 0.6 is 0 Å². The summed E-state index contributed by atoms with van der Waals surface area (Å²) in [4.78, 5) is 123. The van der Waals surface area contributed by atoms with Crippen LogP contribution in [-0.4, -0.2) is 173 Å². The molecule has 11 rings (SSSR count). The molecule has 4 saturated heterocycles. The molecular formula is C109H167N13O12. The van der Waals surface area contributed by atoms with Gasteiger partial charge in [0.2, 0.25) is 41.4 Å². The van der Waals surface area contributed by atoms with E-state index >= 15 is 0 Å².